The number of likely N-dealkylation sites (tertiary alicyclic amines) is 1. The van der Waals surface area contributed by atoms with Gasteiger partial charge in [0, 0.05) is 36.5 Å². The highest BCUT2D eigenvalue weighted by molar-refractivity contribution is 6.00. The lowest BCUT2D eigenvalue weighted by Gasteiger charge is -2.32. The number of para-hydroxylation sites is 1. The maximum absolute atomic E-state index is 13.6. The minimum absolute atomic E-state index is 0.0319. The van der Waals surface area contributed by atoms with Gasteiger partial charge in [0.15, 0.2) is 0 Å². The van der Waals surface area contributed by atoms with Crippen molar-refractivity contribution in [3.05, 3.63) is 108 Å². The Labute approximate surface area is 205 Å². The third-order valence-electron chi connectivity index (χ3n) is 6.44. The maximum atomic E-state index is 13.6. The maximum Gasteiger partial charge on any atom is 0.257 e. The van der Waals surface area contributed by atoms with Crippen molar-refractivity contribution in [1.82, 2.24) is 20.0 Å². The third-order valence-corrected chi connectivity index (χ3v) is 6.44. The van der Waals surface area contributed by atoms with E-state index in [4.69, 9.17) is 5.10 Å². The van der Waals surface area contributed by atoms with E-state index >= 15 is 0 Å². The lowest BCUT2D eigenvalue weighted by Crippen LogP contribution is -2.46. The van der Waals surface area contributed by atoms with Crippen molar-refractivity contribution in [2.45, 2.75) is 25.8 Å². The summed E-state index contributed by atoms with van der Waals surface area (Å²) in [6.07, 6.45) is 3.27. The quantitative estimate of drug-likeness (QED) is 0.458. The van der Waals surface area contributed by atoms with Crippen LogP contribution in [0.3, 0.4) is 0 Å². The second-order valence-electron chi connectivity index (χ2n) is 8.94. The van der Waals surface area contributed by atoms with Crippen molar-refractivity contribution in [1.29, 1.82) is 0 Å². The summed E-state index contributed by atoms with van der Waals surface area (Å²) >= 11 is 0. The molecule has 0 atom stereocenters. The molecule has 0 saturated carbocycles. The number of nitrogens with one attached hydrogen (secondary N) is 1. The van der Waals surface area contributed by atoms with Gasteiger partial charge in [-0.1, -0.05) is 66.2 Å². The number of hydrogen-bond donors (Lipinski definition) is 1. The lowest BCUT2D eigenvalue weighted by atomic mass is 10.0. The largest absolute Gasteiger partial charge is 0.349 e. The van der Waals surface area contributed by atoms with Crippen LogP contribution in [0.1, 0.15) is 39.1 Å². The summed E-state index contributed by atoms with van der Waals surface area (Å²) in [4.78, 5) is 28.0. The molecular formula is C29H28N4O2. The van der Waals surface area contributed by atoms with E-state index in [0.717, 1.165) is 29.7 Å². The molecule has 0 bridgehead atoms. The molecule has 1 fully saturated rings. The third kappa shape index (κ3) is 5.01. The lowest BCUT2D eigenvalue weighted by molar-refractivity contribution is 0.0699. The minimum Gasteiger partial charge on any atom is -0.349 e. The molecule has 1 N–H and O–H groups in total. The Balaban J connectivity index is 1.34. The predicted molar refractivity (Wildman–Crippen MR) is 137 cm³/mol. The first-order valence-electron chi connectivity index (χ1n) is 12.0. The number of rotatable bonds is 5. The molecule has 35 heavy (non-hydrogen) atoms. The van der Waals surface area contributed by atoms with E-state index in [1.54, 1.807) is 4.68 Å². The van der Waals surface area contributed by atoms with Gasteiger partial charge in [-0.3, -0.25) is 9.59 Å². The van der Waals surface area contributed by atoms with Gasteiger partial charge in [-0.25, -0.2) is 4.68 Å². The number of hydrogen-bond acceptors (Lipinski definition) is 3. The summed E-state index contributed by atoms with van der Waals surface area (Å²) < 4.78 is 1.77. The SMILES string of the molecule is Cc1ccc(-c2nn(-c3ccccc3)cc2C(=O)N2CCC(NC(=O)c3ccccc3)CC2)cc1. The van der Waals surface area contributed by atoms with Crippen LogP contribution >= 0.6 is 0 Å². The van der Waals surface area contributed by atoms with Crippen LogP contribution in [0.4, 0.5) is 0 Å². The molecule has 176 valence electrons. The van der Waals surface area contributed by atoms with Gasteiger partial charge in [-0.05, 0) is 44.0 Å². The number of carbonyl (C=O) groups excluding carboxylic acids is 2. The van der Waals surface area contributed by atoms with Crippen molar-refractivity contribution < 1.29 is 9.59 Å². The van der Waals surface area contributed by atoms with E-state index in [2.05, 4.69) is 5.32 Å². The van der Waals surface area contributed by atoms with Crippen molar-refractivity contribution in [2.75, 3.05) is 13.1 Å². The molecule has 2 amide bonds. The zero-order valence-corrected chi connectivity index (χ0v) is 19.7. The molecule has 2 heterocycles. The van der Waals surface area contributed by atoms with Crippen LogP contribution in [0.5, 0.6) is 0 Å². The summed E-state index contributed by atoms with van der Waals surface area (Å²) in [6.45, 7) is 3.21. The zero-order chi connectivity index (χ0) is 24.2. The van der Waals surface area contributed by atoms with Crippen molar-refractivity contribution in [3.63, 3.8) is 0 Å². The van der Waals surface area contributed by atoms with Crippen LogP contribution in [0.15, 0.2) is 91.1 Å². The first kappa shape index (κ1) is 22.6. The molecule has 1 aliphatic heterocycles. The van der Waals surface area contributed by atoms with Crippen molar-refractivity contribution >= 4 is 11.8 Å². The summed E-state index contributed by atoms with van der Waals surface area (Å²) in [5.41, 5.74) is 4.90. The summed E-state index contributed by atoms with van der Waals surface area (Å²) in [7, 11) is 0. The molecule has 1 aliphatic rings. The summed E-state index contributed by atoms with van der Waals surface area (Å²) in [5, 5.41) is 7.91. The van der Waals surface area contributed by atoms with Gasteiger partial charge in [0.1, 0.15) is 5.69 Å². The molecule has 1 aromatic heterocycles. The van der Waals surface area contributed by atoms with E-state index in [9.17, 15) is 9.59 Å². The molecule has 0 radical (unpaired) electrons. The van der Waals surface area contributed by atoms with Crippen LogP contribution in [0, 0.1) is 6.92 Å². The number of piperidine rings is 1. The van der Waals surface area contributed by atoms with Gasteiger partial charge in [0.05, 0.1) is 11.3 Å². The highest BCUT2D eigenvalue weighted by Crippen LogP contribution is 2.26. The fourth-order valence-corrected chi connectivity index (χ4v) is 4.42. The van der Waals surface area contributed by atoms with Crippen molar-refractivity contribution in [2.24, 2.45) is 0 Å². The first-order chi connectivity index (χ1) is 17.1. The number of benzene rings is 3. The molecule has 0 spiro atoms. The van der Waals surface area contributed by atoms with Crippen LogP contribution in [-0.2, 0) is 0 Å². The Morgan fingerprint density at radius 1 is 0.857 bits per heavy atom. The number of carbonyl (C=O) groups is 2. The van der Waals surface area contributed by atoms with E-state index in [0.29, 0.717) is 29.9 Å². The Kier molecular flexibility index (Phi) is 6.44. The normalized spacial score (nSPS) is 14.0. The highest BCUT2D eigenvalue weighted by Gasteiger charge is 2.28. The second kappa shape index (κ2) is 9.97. The molecule has 0 aliphatic carbocycles. The smallest absolute Gasteiger partial charge is 0.257 e. The van der Waals surface area contributed by atoms with E-state index in [1.165, 1.54) is 0 Å². The van der Waals surface area contributed by atoms with Crippen molar-refractivity contribution in [3.8, 4) is 16.9 Å². The summed E-state index contributed by atoms with van der Waals surface area (Å²) in [5.74, 6) is -0.100. The standard InChI is InChI=1S/C29H28N4O2/c1-21-12-14-22(15-13-21)27-26(20-33(31-27)25-10-6-3-7-11-25)29(35)32-18-16-24(17-19-32)30-28(34)23-8-4-2-5-9-23/h2-15,20,24H,16-19H2,1H3,(H,30,34). The summed E-state index contributed by atoms with van der Waals surface area (Å²) in [6, 6.07) is 27.2. The molecule has 6 heteroatoms. The van der Waals surface area contributed by atoms with Crippen LogP contribution in [0.2, 0.25) is 0 Å². The Bertz CT molecular complexity index is 1310. The van der Waals surface area contributed by atoms with Gasteiger partial charge in [0.2, 0.25) is 0 Å². The first-order valence-corrected chi connectivity index (χ1v) is 12.0. The Morgan fingerprint density at radius 3 is 2.14 bits per heavy atom. The number of nitrogens with zero attached hydrogens (tertiary/aromatic N) is 3. The molecule has 1 saturated heterocycles. The zero-order valence-electron chi connectivity index (χ0n) is 19.7. The van der Waals surface area contributed by atoms with Gasteiger partial charge < -0.3 is 10.2 Å². The number of amides is 2. The van der Waals surface area contributed by atoms with Gasteiger partial charge >= 0.3 is 0 Å². The molecule has 5 rings (SSSR count). The monoisotopic (exact) mass is 464 g/mol. The van der Waals surface area contributed by atoms with Gasteiger partial charge in [0.25, 0.3) is 11.8 Å². The Hall–Kier alpha value is -4.19. The molecule has 6 nitrogen and oxygen atoms in total. The van der Waals surface area contributed by atoms with Crippen LogP contribution in [-0.4, -0.2) is 45.6 Å². The molecule has 4 aromatic rings. The minimum atomic E-state index is -0.0684. The molecular weight excluding hydrogens is 436 g/mol. The predicted octanol–water partition coefficient (Wildman–Crippen LogP) is 4.88. The van der Waals surface area contributed by atoms with Crippen LogP contribution in [0.25, 0.3) is 16.9 Å². The van der Waals surface area contributed by atoms with E-state index in [1.807, 2.05) is 103 Å². The average Bonchev–Trinajstić information content (AvgIpc) is 3.36. The van der Waals surface area contributed by atoms with Gasteiger partial charge in [-0.15, -0.1) is 0 Å². The fraction of sp³-hybridized carbons (Fsp3) is 0.207. The molecule has 0 unspecified atom stereocenters. The van der Waals surface area contributed by atoms with Crippen LogP contribution < -0.4 is 5.32 Å². The topological polar surface area (TPSA) is 67.2 Å². The fourth-order valence-electron chi connectivity index (χ4n) is 4.42. The highest BCUT2D eigenvalue weighted by atomic mass is 16.2. The molecule has 3 aromatic carbocycles. The Morgan fingerprint density at radius 2 is 1.49 bits per heavy atom. The number of aromatic nitrogens is 2. The van der Waals surface area contributed by atoms with Gasteiger partial charge in [-0.2, -0.15) is 5.10 Å². The second-order valence-corrected chi connectivity index (χ2v) is 8.94. The number of aryl methyl sites for hydroxylation is 1. The van der Waals surface area contributed by atoms with E-state index in [-0.39, 0.29) is 17.9 Å². The van der Waals surface area contributed by atoms with E-state index < -0.39 is 0 Å². The average molecular weight is 465 g/mol.